The van der Waals surface area contributed by atoms with E-state index in [4.69, 9.17) is 9.84 Å². The molecule has 0 amide bonds. The fourth-order valence-corrected chi connectivity index (χ4v) is 1.61. The van der Waals surface area contributed by atoms with Crippen LogP contribution in [0.15, 0.2) is 0 Å². The summed E-state index contributed by atoms with van der Waals surface area (Å²) in [4.78, 5) is 11.4. The van der Waals surface area contributed by atoms with Gasteiger partial charge in [-0.15, -0.1) is 0 Å². The van der Waals surface area contributed by atoms with E-state index in [1.165, 1.54) is 0 Å². The monoisotopic (exact) mass is 284 g/mol. The highest BCUT2D eigenvalue weighted by Crippen LogP contribution is 2.19. The van der Waals surface area contributed by atoms with E-state index >= 15 is 0 Å². The Kier molecular flexibility index (Phi) is 9.07. The van der Waals surface area contributed by atoms with Crippen LogP contribution in [0.25, 0.3) is 0 Å². The number of hydrogen-bond donors (Lipinski definition) is 4. The Morgan fingerprint density at radius 3 is 2.53 bits per heavy atom. The van der Waals surface area contributed by atoms with Crippen molar-refractivity contribution in [3.8, 4) is 0 Å². The summed E-state index contributed by atoms with van der Waals surface area (Å²) < 4.78 is 9.46. The van der Waals surface area contributed by atoms with Crippen LogP contribution in [-0.2, 0) is 13.7 Å². The number of esters is 1. The molecule has 2 atom stereocenters. The number of unbranched alkanes of at least 4 members (excludes halogenated alkanes) is 2. The Labute approximate surface area is 113 Å². The summed E-state index contributed by atoms with van der Waals surface area (Å²) in [7, 11) is 0. The Bertz CT molecular complexity index is 221. The summed E-state index contributed by atoms with van der Waals surface area (Å²) in [5, 5.41) is 18.8. The van der Waals surface area contributed by atoms with Crippen LogP contribution in [0.2, 0.25) is 0 Å². The second kappa shape index (κ2) is 9.04. The molecule has 0 spiro atoms. The highest BCUT2D eigenvalue weighted by Gasteiger charge is 2.39. The Balaban J connectivity index is 4.24. The van der Waals surface area contributed by atoms with E-state index in [0.29, 0.717) is 6.42 Å². The minimum atomic E-state index is -1.74. The summed E-state index contributed by atoms with van der Waals surface area (Å²) in [6.45, 7) is 1.39. The minimum absolute atomic E-state index is 0.114. The first kappa shape index (κ1) is 17.1. The van der Waals surface area contributed by atoms with E-state index in [9.17, 15) is 9.90 Å². The van der Waals surface area contributed by atoms with Gasteiger partial charge in [0.2, 0.25) is 6.29 Å². The van der Waals surface area contributed by atoms with Crippen molar-refractivity contribution in [2.75, 3.05) is 12.4 Å². The van der Waals surface area contributed by atoms with Gasteiger partial charge < -0.3 is 14.9 Å². The first-order valence-corrected chi connectivity index (χ1v) is 6.47. The molecule has 0 aromatic carbocycles. The van der Waals surface area contributed by atoms with Crippen molar-refractivity contribution >= 4 is 31.5 Å². The quantitative estimate of drug-likeness (QED) is 0.167. The van der Waals surface area contributed by atoms with Gasteiger partial charge in [-0.05, 0) is 19.3 Å². The van der Waals surface area contributed by atoms with Crippen molar-refractivity contribution in [3.63, 3.8) is 0 Å². The molecule has 0 aliphatic carbocycles. The molecule has 0 aromatic rings. The Morgan fingerprint density at radius 1 is 1.47 bits per heavy atom. The van der Waals surface area contributed by atoms with Crippen LogP contribution >= 0.6 is 25.5 Å². The van der Waals surface area contributed by atoms with E-state index < -0.39 is 24.5 Å². The van der Waals surface area contributed by atoms with Crippen LogP contribution in [-0.4, -0.2) is 40.4 Å². The minimum Gasteiger partial charge on any atom is -0.431 e. The lowest BCUT2D eigenvalue weighted by Gasteiger charge is -2.30. The summed E-state index contributed by atoms with van der Waals surface area (Å²) in [6.07, 6.45) is 1.56. The molecule has 2 unspecified atom stereocenters. The average Bonchev–Trinajstić information content (AvgIpc) is 2.35. The first-order valence-electron chi connectivity index (χ1n) is 5.47. The molecule has 5 nitrogen and oxygen atoms in total. The Morgan fingerprint density at radius 2 is 2.12 bits per heavy atom. The van der Waals surface area contributed by atoms with E-state index in [1.807, 2.05) is 6.92 Å². The lowest BCUT2D eigenvalue weighted by Crippen LogP contribution is -2.50. The number of rotatable bonds is 9. The highest BCUT2D eigenvalue weighted by atomic mass is 32.1. The predicted molar refractivity (Wildman–Crippen MR) is 70.0 cm³/mol. The zero-order valence-corrected chi connectivity index (χ0v) is 11.6. The molecule has 0 bridgehead atoms. The zero-order valence-electron chi connectivity index (χ0n) is 9.83. The van der Waals surface area contributed by atoms with Gasteiger partial charge in [-0.3, -0.25) is 8.98 Å². The fraction of sp³-hybridized carbons (Fsp3) is 0.900. The lowest BCUT2D eigenvalue weighted by molar-refractivity contribution is -0.203. The van der Waals surface area contributed by atoms with Crippen LogP contribution < -0.4 is 0 Å². The number of carbonyl (C=O) groups excluding carboxylic acids is 1. The van der Waals surface area contributed by atoms with Gasteiger partial charge in [-0.2, -0.15) is 12.6 Å². The summed E-state index contributed by atoms with van der Waals surface area (Å²) in [5.41, 5.74) is -1.74. The third-order valence-corrected chi connectivity index (χ3v) is 3.04. The van der Waals surface area contributed by atoms with Crippen LogP contribution in [0.5, 0.6) is 0 Å². The smallest absolute Gasteiger partial charge is 0.308 e. The molecule has 0 aliphatic heterocycles. The van der Waals surface area contributed by atoms with Gasteiger partial charge in [0.1, 0.15) is 0 Å². The van der Waals surface area contributed by atoms with Crippen molar-refractivity contribution in [2.24, 2.45) is 0 Å². The molecule has 2 N–H and O–H groups in total. The van der Waals surface area contributed by atoms with E-state index in [2.05, 4.69) is 29.7 Å². The maximum absolute atomic E-state index is 11.4. The summed E-state index contributed by atoms with van der Waals surface area (Å²) >= 11 is 7.39. The molecular formula is C10H20O5S2. The zero-order chi connectivity index (χ0) is 13.3. The normalized spacial score (nSPS) is 16.3. The number of carbonyl (C=O) groups is 1. The number of aliphatic hydroxyl groups excluding tert-OH is 1. The third-order valence-electron chi connectivity index (χ3n) is 2.31. The molecule has 0 rings (SSSR count). The molecule has 0 aliphatic rings. The molecule has 17 heavy (non-hydrogen) atoms. The Hall–Kier alpha value is 0.0500. The van der Waals surface area contributed by atoms with E-state index in [0.717, 1.165) is 12.8 Å². The van der Waals surface area contributed by atoms with Crippen LogP contribution in [0, 0.1) is 0 Å². The number of ether oxygens (including phenoxy) is 1. The highest BCUT2D eigenvalue weighted by molar-refractivity contribution is 7.80. The van der Waals surface area contributed by atoms with Crippen LogP contribution in [0.3, 0.4) is 0 Å². The van der Waals surface area contributed by atoms with Crippen LogP contribution in [0.4, 0.5) is 0 Å². The maximum atomic E-state index is 11.4. The molecule has 0 aromatic heterocycles. The largest absolute Gasteiger partial charge is 0.431 e. The molecule has 0 saturated carbocycles. The molecule has 102 valence electrons. The van der Waals surface area contributed by atoms with Crippen molar-refractivity contribution < 1.29 is 23.9 Å². The topological polar surface area (TPSA) is 76.0 Å². The van der Waals surface area contributed by atoms with Crippen LogP contribution in [0.1, 0.15) is 32.6 Å². The van der Waals surface area contributed by atoms with Gasteiger partial charge in [0.15, 0.2) is 5.60 Å². The average molecular weight is 284 g/mol. The van der Waals surface area contributed by atoms with Crippen molar-refractivity contribution in [3.05, 3.63) is 0 Å². The maximum Gasteiger partial charge on any atom is 0.308 e. The van der Waals surface area contributed by atoms with E-state index in [-0.39, 0.29) is 12.2 Å². The number of aliphatic hydroxyl groups is 2. The first-order chi connectivity index (χ1) is 8.03. The van der Waals surface area contributed by atoms with Gasteiger partial charge >= 0.3 is 5.97 Å². The second-order valence-corrected chi connectivity index (χ2v) is 4.33. The van der Waals surface area contributed by atoms with Crippen molar-refractivity contribution in [1.29, 1.82) is 0 Å². The van der Waals surface area contributed by atoms with Gasteiger partial charge in [0, 0.05) is 12.2 Å². The standard InChI is InChI=1S/C10H20O5S2/c1-2-3-4-5-8(12)14-9(15-17)10(13,6-11)7-16/h9,11,13,16-17H,2-7H2,1H3. The fourth-order valence-electron chi connectivity index (χ4n) is 1.13. The van der Waals surface area contributed by atoms with Gasteiger partial charge in [0.25, 0.3) is 0 Å². The second-order valence-electron chi connectivity index (χ2n) is 3.80. The van der Waals surface area contributed by atoms with Gasteiger partial charge in [-0.25, -0.2) is 0 Å². The SMILES string of the molecule is CCCCCC(=O)OC(OS)C(O)(CO)CS. The number of thiol groups is 2. The van der Waals surface area contributed by atoms with Crippen molar-refractivity contribution in [1.82, 2.24) is 0 Å². The number of hydrogen-bond acceptors (Lipinski definition) is 7. The molecule has 7 heteroatoms. The van der Waals surface area contributed by atoms with Gasteiger partial charge in [-0.1, -0.05) is 19.8 Å². The van der Waals surface area contributed by atoms with Gasteiger partial charge in [0.05, 0.1) is 6.61 Å². The molecule has 0 heterocycles. The molecule has 0 saturated heterocycles. The van der Waals surface area contributed by atoms with Crippen molar-refractivity contribution in [2.45, 2.75) is 44.5 Å². The summed E-state index contributed by atoms with van der Waals surface area (Å²) in [6, 6.07) is 0. The molecule has 0 fully saturated rings. The lowest BCUT2D eigenvalue weighted by atomic mass is 10.1. The molecule has 0 radical (unpaired) electrons. The molecular weight excluding hydrogens is 264 g/mol. The third kappa shape index (κ3) is 5.96. The summed E-state index contributed by atoms with van der Waals surface area (Å²) in [5.74, 6) is -0.608. The van der Waals surface area contributed by atoms with E-state index in [1.54, 1.807) is 0 Å². The predicted octanol–water partition coefficient (Wildman–Crippen LogP) is 0.951.